The Hall–Kier alpha value is -2.31. The number of halogens is 1. The first-order valence-electron chi connectivity index (χ1n) is 8.54. The number of amides is 1. The van der Waals surface area contributed by atoms with E-state index in [4.69, 9.17) is 16.3 Å². The van der Waals surface area contributed by atoms with Crippen LogP contribution >= 0.6 is 22.9 Å². The number of benzene rings is 1. The minimum Gasteiger partial charge on any atom is -0.489 e. The lowest BCUT2D eigenvalue weighted by molar-refractivity contribution is 0.0789. The number of ether oxygens (including phenoxy) is 1. The topological polar surface area (TPSA) is 47.4 Å². The van der Waals surface area contributed by atoms with E-state index >= 15 is 0 Å². The molecular formula is C20H22ClN3O2S. The first-order valence-corrected chi connectivity index (χ1v) is 9.80. The van der Waals surface area contributed by atoms with Crippen molar-refractivity contribution in [2.45, 2.75) is 27.0 Å². The molecule has 0 aliphatic carbocycles. The van der Waals surface area contributed by atoms with Gasteiger partial charge in [-0.1, -0.05) is 11.6 Å². The van der Waals surface area contributed by atoms with Gasteiger partial charge in [-0.25, -0.2) is 0 Å². The quantitative estimate of drug-likeness (QED) is 0.604. The van der Waals surface area contributed by atoms with Gasteiger partial charge in [-0.2, -0.15) is 5.10 Å². The molecule has 3 rings (SSSR count). The number of thiophene rings is 1. The van der Waals surface area contributed by atoms with Gasteiger partial charge in [0.1, 0.15) is 12.4 Å². The third-order valence-corrected chi connectivity index (χ3v) is 5.69. The van der Waals surface area contributed by atoms with Crippen LogP contribution in [0, 0.1) is 13.8 Å². The second kappa shape index (κ2) is 8.15. The highest BCUT2D eigenvalue weighted by atomic mass is 35.5. The van der Waals surface area contributed by atoms with Gasteiger partial charge in [-0.05, 0) is 49.1 Å². The molecule has 0 N–H and O–H groups in total. The molecule has 0 fully saturated rings. The lowest BCUT2D eigenvalue weighted by Gasteiger charge is -2.15. The van der Waals surface area contributed by atoms with Gasteiger partial charge >= 0.3 is 0 Å². The van der Waals surface area contributed by atoms with Gasteiger partial charge in [0.05, 0.1) is 11.1 Å². The normalized spacial score (nSPS) is 10.9. The summed E-state index contributed by atoms with van der Waals surface area (Å²) in [7, 11) is 3.70. The van der Waals surface area contributed by atoms with Crippen LogP contribution in [0.3, 0.4) is 0 Å². The molecule has 2 aromatic heterocycles. The van der Waals surface area contributed by atoms with E-state index < -0.39 is 0 Å². The second-order valence-corrected chi connectivity index (χ2v) is 7.91. The zero-order valence-electron chi connectivity index (χ0n) is 15.8. The molecule has 2 heterocycles. The zero-order valence-corrected chi connectivity index (χ0v) is 17.4. The number of hydrogen-bond donors (Lipinski definition) is 0. The summed E-state index contributed by atoms with van der Waals surface area (Å²) in [6.45, 7) is 4.91. The maximum absolute atomic E-state index is 12.7. The van der Waals surface area contributed by atoms with E-state index in [1.165, 1.54) is 11.3 Å². The molecule has 0 saturated heterocycles. The number of rotatable bonds is 6. The summed E-state index contributed by atoms with van der Waals surface area (Å²) in [5.41, 5.74) is 4.07. The van der Waals surface area contributed by atoms with Crippen LogP contribution in [0.15, 0.2) is 35.8 Å². The molecule has 1 aromatic carbocycles. The minimum absolute atomic E-state index is 0.00261. The van der Waals surface area contributed by atoms with E-state index in [-0.39, 0.29) is 5.91 Å². The van der Waals surface area contributed by atoms with Gasteiger partial charge in [0.15, 0.2) is 0 Å². The van der Waals surface area contributed by atoms with E-state index in [2.05, 4.69) is 5.10 Å². The van der Waals surface area contributed by atoms with Crippen molar-refractivity contribution in [3.05, 3.63) is 68.1 Å². The molecule has 0 bridgehead atoms. The highest BCUT2D eigenvalue weighted by molar-refractivity contribution is 7.12. The third-order valence-electron chi connectivity index (χ3n) is 4.49. The molecule has 5 nitrogen and oxygen atoms in total. The van der Waals surface area contributed by atoms with Gasteiger partial charge in [0.2, 0.25) is 0 Å². The highest BCUT2D eigenvalue weighted by Gasteiger charge is 2.16. The van der Waals surface area contributed by atoms with Crippen LogP contribution in [0.25, 0.3) is 0 Å². The summed E-state index contributed by atoms with van der Waals surface area (Å²) in [5, 5.41) is 6.88. The summed E-state index contributed by atoms with van der Waals surface area (Å²) in [4.78, 5) is 15.1. The van der Waals surface area contributed by atoms with Crippen LogP contribution in [-0.4, -0.2) is 27.6 Å². The molecule has 0 unspecified atom stereocenters. The monoisotopic (exact) mass is 403 g/mol. The Morgan fingerprint density at radius 2 is 2.11 bits per heavy atom. The second-order valence-electron chi connectivity index (χ2n) is 6.56. The standard InChI is InChI=1S/C20H22ClN3O2S/c1-13-7-17(21)5-6-18(13)26-11-15-8-19(27-12-15)20(25)23(3)10-16-9-22-24(4)14(16)2/h5-9,12H,10-11H2,1-4H3. The smallest absolute Gasteiger partial charge is 0.263 e. The van der Waals surface area contributed by atoms with Crippen LogP contribution in [0.4, 0.5) is 0 Å². The summed E-state index contributed by atoms with van der Waals surface area (Å²) >= 11 is 7.40. The predicted octanol–water partition coefficient (Wildman–Crippen LogP) is 4.60. The van der Waals surface area contributed by atoms with Crippen molar-refractivity contribution in [2.24, 2.45) is 7.05 Å². The SMILES string of the molecule is Cc1cc(Cl)ccc1OCc1csc(C(=O)N(C)Cc2cnn(C)c2C)c1. The van der Waals surface area contributed by atoms with E-state index in [9.17, 15) is 4.79 Å². The van der Waals surface area contributed by atoms with Crippen molar-refractivity contribution < 1.29 is 9.53 Å². The number of hydrogen-bond acceptors (Lipinski definition) is 4. The molecule has 0 radical (unpaired) electrons. The van der Waals surface area contributed by atoms with Crippen molar-refractivity contribution in [2.75, 3.05) is 7.05 Å². The van der Waals surface area contributed by atoms with Crippen LogP contribution in [-0.2, 0) is 20.2 Å². The zero-order chi connectivity index (χ0) is 19.6. The molecule has 0 saturated carbocycles. The van der Waals surface area contributed by atoms with Crippen molar-refractivity contribution in [1.29, 1.82) is 0 Å². The minimum atomic E-state index is -0.00261. The van der Waals surface area contributed by atoms with E-state index in [1.807, 2.05) is 62.3 Å². The Balaban J connectivity index is 1.62. The van der Waals surface area contributed by atoms with Crippen LogP contribution < -0.4 is 4.74 Å². The van der Waals surface area contributed by atoms with E-state index in [0.717, 1.165) is 28.1 Å². The van der Waals surface area contributed by atoms with Crippen molar-refractivity contribution >= 4 is 28.8 Å². The Morgan fingerprint density at radius 1 is 1.33 bits per heavy atom. The van der Waals surface area contributed by atoms with Crippen LogP contribution in [0.2, 0.25) is 5.02 Å². The number of carbonyl (C=O) groups excluding carboxylic acids is 1. The fourth-order valence-electron chi connectivity index (χ4n) is 2.71. The number of aryl methyl sites for hydroxylation is 2. The molecule has 1 amide bonds. The first kappa shape index (κ1) is 19.5. The Kier molecular flexibility index (Phi) is 5.87. The summed E-state index contributed by atoms with van der Waals surface area (Å²) in [6, 6.07) is 7.43. The molecule has 7 heteroatoms. The summed E-state index contributed by atoms with van der Waals surface area (Å²) in [6.07, 6.45) is 1.81. The summed E-state index contributed by atoms with van der Waals surface area (Å²) < 4.78 is 7.67. The number of carbonyl (C=O) groups is 1. The van der Waals surface area contributed by atoms with Gasteiger partial charge in [-0.15, -0.1) is 11.3 Å². The van der Waals surface area contributed by atoms with Gasteiger partial charge in [-0.3, -0.25) is 9.48 Å². The first-order chi connectivity index (χ1) is 12.8. The molecular weight excluding hydrogens is 382 g/mol. The predicted molar refractivity (Wildman–Crippen MR) is 109 cm³/mol. The maximum Gasteiger partial charge on any atom is 0.263 e. The van der Waals surface area contributed by atoms with Crippen molar-refractivity contribution in [1.82, 2.24) is 14.7 Å². The Labute approximate surface area is 168 Å². The molecule has 0 aliphatic rings. The summed E-state index contributed by atoms with van der Waals surface area (Å²) in [5.74, 6) is 0.792. The third kappa shape index (κ3) is 4.51. The van der Waals surface area contributed by atoms with E-state index in [0.29, 0.717) is 23.1 Å². The fraction of sp³-hybridized carbons (Fsp3) is 0.300. The number of aromatic nitrogens is 2. The van der Waals surface area contributed by atoms with E-state index in [1.54, 1.807) is 11.1 Å². The lowest BCUT2D eigenvalue weighted by atomic mass is 10.2. The number of nitrogens with zero attached hydrogens (tertiary/aromatic N) is 3. The fourth-order valence-corrected chi connectivity index (χ4v) is 3.83. The van der Waals surface area contributed by atoms with Gasteiger partial charge < -0.3 is 9.64 Å². The molecule has 142 valence electrons. The molecule has 3 aromatic rings. The molecule has 27 heavy (non-hydrogen) atoms. The van der Waals surface area contributed by atoms with Crippen LogP contribution in [0.5, 0.6) is 5.75 Å². The highest BCUT2D eigenvalue weighted by Crippen LogP contribution is 2.24. The lowest BCUT2D eigenvalue weighted by Crippen LogP contribution is -2.25. The Bertz CT molecular complexity index is 964. The molecule has 0 spiro atoms. The molecule has 0 aliphatic heterocycles. The largest absolute Gasteiger partial charge is 0.489 e. The average Bonchev–Trinajstić information content (AvgIpc) is 3.22. The van der Waals surface area contributed by atoms with Crippen LogP contribution in [0.1, 0.15) is 32.1 Å². The average molecular weight is 404 g/mol. The van der Waals surface area contributed by atoms with Crippen molar-refractivity contribution in [3.63, 3.8) is 0 Å². The van der Waals surface area contributed by atoms with Gasteiger partial charge in [0, 0.05) is 42.5 Å². The molecule has 0 atom stereocenters. The maximum atomic E-state index is 12.7. The Morgan fingerprint density at radius 3 is 2.78 bits per heavy atom. The van der Waals surface area contributed by atoms with Gasteiger partial charge in [0.25, 0.3) is 5.91 Å². The van der Waals surface area contributed by atoms with Crippen molar-refractivity contribution in [3.8, 4) is 5.75 Å².